The number of aromatic nitrogens is 8. The van der Waals surface area contributed by atoms with Crippen molar-refractivity contribution in [1.29, 1.82) is 0 Å². The summed E-state index contributed by atoms with van der Waals surface area (Å²) in [5.74, 6) is -5.86. The van der Waals surface area contributed by atoms with Gasteiger partial charge in [-0.1, -0.05) is 79.7 Å². The van der Waals surface area contributed by atoms with Crippen LogP contribution in [0.5, 0.6) is 11.5 Å². The molecule has 0 amide bonds. The van der Waals surface area contributed by atoms with Crippen LogP contribution in [0, 0.1) is 30.2 Å². The molecule has 0 fully saturated rings. The highest BCUT2D eigenvalue weighted by atomic mass is 19.1. The van der Waals surface area contributed by atoms with Crippen LogP contribution in [0.15, 0.2) is 259 Å². The number of aryl methyl sites for hydroxylation is 2. The van der Waals surface area contributed by atoms with Crippen LogP contribution in [0.3, 0.4) is 0 Å². The number of furan rings is 2. The molecule has 0 spiro atoms. The Labute approximate surface area is 691 Å². The highest BCUT2D eigenvalue weighted by Gasteiger charge is 2.35. The molecule has 8 N–H and O–H groups in total. The summed E-state index contributed by atoms with van der Waals surface area (Å²) >= 11 is 0. The average Bonchev–Trinajstić information content (AvgIpc) is 1.59. The molecule has 0 saturated carbocycles. The Morgan fingerprint density at radius 1 is 0.390 bits per heavy atom. The summed E-state index contributed by atoms with van der Waals surface area (Å²) in [7, 11) is 0. The molecule has 2 aliphatic rings. The largest absolute Gasteiger partial charge is 0.492 e. The maximum Gasteiger partial charge on any atom is 0.353 e. The van der Waals surface area contributed by atoms with E-state index in [9.17, 15) is 76.3 Å². The molecular weight excluding hydrogens is 1590 g/mol. The molecule has 614 valence electrons. The maximum absolute atomic E-state index is 14.5. The van der Waals surface area contributed by atoms with Crippen molar-refractivity contribution in [1.82, 2.24) is 38.2 Å². The lowest BCUT2D eigenvalue weighted by atomic mass is 10.0. The molecule has 8 aromatic carbocycles. The topological polar surface area (TPSA) is 345 Å². The summed E-state index contributed by atoms with van der Waals surface area (Å²) in [6.45, 7) is 5.05. The van der Waals surface area contributed by atoms with Crippen molar-refractivity contribution in [2.24, 2.45) is 0 Å². The average molecular weight is 1660 g/mol. The first-order valence-corrected chi connectivity index (χ1v) is 38.9. The van der Waals surface area contributed by atoms with E-state index >= 15 is 0 Å². The number of nitrogens with zero attached hydrogens (tertiary/aromatic N) is 4. The zero-order valence-electron chi connectivity index (χ0n) is 65.3. The number of carboxylic acid groups (broad SMARTS) is 4. The summed E-state index contributed by atoms with van der Waals surface area (Å²) in [6.07, 6.45) is 11.3. The fourth-order valence-electron chi connectivity index (χ4n) is 16.7. The van der Waals surface area contributed by atoms with Crippen LogP contribution in [-0.2, 0) is 45.4 Å². The number of halogens is 4. The van der Waals surface area contributed by atoms with Crippen LogP contribution in [-0.4, -0.2) is 95.7 Å². The van der Waals surface area contributed by atoms with E-state index < -0.39 is 63.8 Å². The van der Waals surface area contributed by atoms with E-state index in [0.717, 1.165) is 63.2 Å². The third-order valence-corrected chi connectivity index (χ3v) is 22.3. The smallest absolute Gasteiger partial charge is 0.353 e. The van der Waals surface area contributed by atoms with Gasteiger partial charge in [-0.2, -0.15) is 0 Å². The molecule has 0 unspecified atom stereocenters. The number of nitrogens with one attached hydrogen (secondary N) is 4. The number of aromatic amines is 4. The second-order valence-electron chi connectivity index (χ2n) is 29.3. The number of hydrogen-bond acceptors (Lipinski definition) is 12. The van der Waals surface area contributed by atoms with Crippen molar-refractivity contribution in [3.63, 3.8) is 0 Å². The molecule has 2 aliphatic heterocycles. The number of ether oxygens (including phenoxy) is 2. The van der Waals surface area contributed by atoms with Crippen LogP contribution in [0.25, 0.3) is 110 Å². The van der Waals surface area contributed by atoms with Crippen LogP contribution in [0.1, 0.15) is 93.4 Å². The van der Waals surface area contributed by atoms with Gasteiger partial charge in [0.1, 0.15) is 68.7 Å². The number of fused-ring (bicyclic) bond motifs is 12. The van der Waals surface area contributed by atoms with Gasteiger partial charge in [-0.15, -0.1) is 0 Å². The maximum atomic E-state index is 14.5. The van der Waals surface area contributed by atoms with Crippen LogP contribution >= 0.6 is 0 Å². The summed E-state index contributed by atoms with van der Waals surface area (Å²) in [4.78, 5) is 111. The number of rotatable bonds is 17. The summed E-state index contributed by atoms with van der Waals surface area (Å²) < 4.78 is 86.5. The van der Waals surface area contributed by atoms with E-state index in [1.807, 2.05) is 80.6 Å². The first kappa shape index (κ1) is 79.5. The predicted octanol–water partition coefficient (Wildman–Crippen LogP) is 17.8. The molecule has 0 bridgehead atoms. The fraction of sp³-hybridized carbons (Fsp3) is 0.116. The molecule has 28 heteroatoms. The monoisotopic (exact) mass is 1650 g/mol. The molecule has 12 heterocycles. The van der Waals surface area contributed by atoms with E-state index in [1.165, 1.54) is 52.1 Å². The molecular formula is C95H70F4N8O16. The molecule has 0 radical (unpaired) electrons. The van der Waals surface area contributed by atoms with Gasteiger partial charge in [-0.25, -0.2) is 36.7 Å². The number of pyridine rings is 4. The first-order chi connectivity index (χ1) is 59.6. The summed E-state index contributed by atoms with van der Waals surface area (Å²) in [5.41, 5.74) is 9.03. The SMILES string of the molecule is CCc1coc2c1ccc1c2c(-c2ccc[nH]c2=O)c(C(=O)O)n1Cc1ccccc1F.Cc1ccccc1Cn1c(C(=O)O)c(-c2ccc[nH]c2=O)c2c3occc3ccc21.O=C(O)c1c(-c2ccc[nH]c2=O)c2c3c(ccc2n1Cc1cc(F)ccc1F)CCO3.O=C(O)c1c(-c2ccc[nH]c2=O)c2c3c(ccc2n1Cc1ccccc1F)CCO3. The van der Waals surface area contributed by atoms with Gasteiger partial charge in [0.25, 0.3) is 22.2 Å². The molecule has 0 atom stereocenters. The molecule has 24 nitrogen and oxygen atoms in total. The van der Waals surface area contributed by atoms with Crippen molar-refractivity contribution in [2.75, 3.05) is 13.2 Å². The standard InChI is InChI=1S/C25H19FN2O4.C24H18N2O4.C23H16F2N2O4.C23H17FN2O4/c1-2-14-13-32-23-16(14)9-10-19-21(23)20(17-7-5-11-27-24(17)29)22(25(30)31)28(19)12-15-6-3-4-8-18(15)26;1-14-5-2-3-6-16(14)13-26-18-9-8-15-10-12-30-22(15)20(18)19(21(26)24(28)29)17-7-4-11-25-23(17)27;24-14-4-5-16(25)13(10-14)11-27-17-6-3-12-7-9-31-21(12)19(17)18(20(27)23(29)30)15-2-1-8-26-22(15)28;24-16-6-2-1-4-14(16)12-26-17-8-7-13-9-11-30-21(13)19(17)18(20(26)23(28)29)15-5-3-10-25-22(15)27/h3-11,13H,2,12H2,1H3,(H,27,29)(H,30,31);2-12H,13H2,1H3,(H,25,27)(H,28,29);1-6,8,10H,7,9,11H2,(H,26,28)(H,29,30);1-8,10H,9,11-12H2,(H,25,27)(H,28,29). The number of carbonyl (C=O) groups is 4. The van der Waals surface area contributed by atoms with Crippen LogP contribution in [0.4, 0.5) is 17.6 Å². The molecule has 18 aromatic rings. The van der Waals surface area contributed by atoms with Gasteiger partial charge in [-0.05, 0) is 162 Å². The van der Waals surface area contributed by atoms with Gasteiger partial charge in [0.2, 0.25) is 0 Å². The predicted molar refractivity (Wildman–Crippen MR) is 454 cm³/mol. The van der Waals surface area contributed by atoms with Crippen LogP contribution < -0.4 is 31.7 Å². The third-order valence-electron chi connectivity index (χ3n) is 22.3. The van der Waals surface area contributed by atoms with Crippen molar-refractivity contribution in [3.8, 4) is 56.0 Å². The molecule has 20 rings (SSSR count). The van der Waals surface area contributed by atoms with Crippen molar-refractivity contribution in [2.45, 2.75) is 59.3 Å². The lowest BCUT2D eigenvalue weighted by molar-refractivity contribution is 0.0676. The molecule has 10 aromatic heterocycles. The Kier molecular flexibility index (Phi) is 21.1. The Hall–Kier alpha value is -16.0. The van der Waals surface area contributed by atoms with Crippen molar-refractivity contribution in [3.05, 3.63) is 363 Å². The molecule has 123 heavy (non-hydrogen) atoms. The summed E-state index contributed by atoms with van der Waals surface area (Å²) in [6, 6.07) is 52.8. The minimum Gasteiger partial charge on any atom is -0.492 e. The van der Waals surface area contributed by atoms with Crippen molar-refractivity contribution < 1.29 is 75.5 Å². The van der Waals surface area contributed by atoms with Gasteiger partial charge in [0.05, 0.1) is 111 Å². The Balaban J connectivity index is 0.000000116. The lowest BCUT2D eigenvalue weighted by Gasteiger charge is -2.11. The number of hydrogen-bond donors (Lipinski definition) is 8. The van der Waals surface area contributed by atoms with Crippen molar-refractivity contribution >= 4 is 89.4 Å². The lowest BCUT2D eigenvalue weighted by Crippen LogP contribution is -2.14. The quantitative estimate of drug-likeness (QED) is 0.0393. The van der Waals surface area contributed by atoms with Gasteiger partial charge >= 0.3 is 23.9 Å². The number of H-pyrrole nitrogens is 4. The van der Waals surface area contributed by atoms with Gasteiger partial charge in [0, 0.05) is 93.9 Å². The zero-order valence-corrected chi connectivity index (χ0v) is 65.3. The Bertz CT molecular complexity index is 7620. The second-order valence-corrected chi connectivity index (χ2v) is 29.3. The minimum atomic E-state index is -1.29. The van der Waals surface area contributed by atoms with E-state index in [1.54, 1.807) is 113 Å². The van der Waals surface area contributed by atoms with Gasteiger partial charge in [-0.3, -0.25) is 19.2 Å². The highest BCUT2D eigenvalue weighted by molar-refractivity contribution is 6.19. The van der Waals surface area contributed by atoms with Gasteiger partial charge < -0.3 is 76.9 Å². The first-order valence-electron chi connectivity index (χ1n) is 38.9. The second kappa shape index (κ2) is 32.7. The molecule has 0 saturated heterocycles. The third kappa shape index (κ3) is 14.3. The number of benzene rings is 8. The van der Waals surface area contributed by atoms with E-state index in [4.69, 9.17) is 18.3 Å². The van der Waals surface area contributed by atoms with Gasteiger partial charge in [0.15, 0.2) is 0 Å². The Morgan fingerprint density at radius 3 is 1.20 bits per heavy atom. The normalized spacial score (nSPS) is 12.0. The van der Waals surface area contributed by atoms with E-state index in [0.29, 0.717) is 121 Å². The van der Waals surface area contributed by atoms with E-state index in [2.05, 4.69) is 19.9 Å². The van der Waals surface area contributed by atoms with Crippen LogP contribution in [0.2, 0.25) is 0 Å². The molecule has 0 aliphatic carbocycles. The van der Waals surface area contributed by atoms with E-state index in [-0.39, 0.29) is 86.9 Å². The zero-order chi connectivity index (χ0) is 85.8. The number of aromatic carboxylic acids is 4. The minimum absolute atomic E-state index is 0.00524. The Morgan fingerprint density at radius 2 is 0.772 bits per heavy atom. The summed E-state index contributed by atoms with van der Waals surface area (Å²) in [5, 5.41) is 44.5. The number of carboxylic acids is 4. The highest BCUT2D eigenvalue weighted by Crippen LogP contribution is 2.48. The fourth-order valence-corrected chi connectivity index (χ4v) is 16.7.